The smallest absolute Gasteiger partial charge is 0.135 e. The van der Waals surface area contributed by atoms with Gasteiger partial charge in [0.1, 0.15) is 11.4 Å². The van der Waals surface area contributed by atoms with Gasteiger partial charge in [-0.25, -0.2) is 0 Å². The molecule has 1 N–H and O–H groups in total. The van der Waals surface area contributed by atoms with Crippen molar-refractivity contribution in [3.8, 4) is 0 Å². The maximum Gasteiger partial charge on any atom is 0.135 e. The predicted octanol–water partition coefficient (Wildman–Crippen LogP) is 2.53. The number of hydrogen-bond acceptors (Lipinski definition) is 2. The third-order valence-electron chi connectivity index (χ3n) is 4.41. The molecule has 2 aliphatic carbocycles. The lowest BCUT2D eigenvalue weighted by Crippen LogP contribution is -2.38. The summed E-state index contributed by atoms with van der Waals surface area (Å²) in [4.78, 5) is 0. The summed E-state index contributed by atoms with van der Waals surface area (Å²) in [6, 6.07) is 3.78. The molecular weight excluding hydrogens is 176 g/mol. The molecule has 14 heavy (non-hydrogen) atoms. The highest BCUT2D eigenvalue weighted by Gasteiger charge is 2.57. The maximum atomic E-state index is 10.7. The van der Waals surface area contributed by atoms with Gasteiger partial charge in [-0.15, -0.1) is 0 Å². The minimum absolute atomic E-state index is 0.354. The van der Waals surface area contributed by atoms with Crippen LogP contribution in [0.5, 0.6) is 0 Å². The molecule has 3 rings (SSSR count). The number of fused-ring (bicyclic) bond motifs is 2. The molecule has 76 valence electrons. The molecule has 1 aromatic heterocycles. The molecule has 2 fully saturated rings. The fourth-order valence-corrected chi connectivity index (χ4v) is 3.53. The van der Waals surface area contributed by atoms with E-state index in [9.17, 15) is 5.11 Å². The molecule has 0 aromatic carbocycles. The lowest BCUT2D eigenvalue weighted by atomic mass is 9.75. The fourth-order valence-electron chi connectivity index (χ4n) is 3.53. The molecule has 4 atom stereocenters. The van der Waals surface area contributed by atoms with Crippen LogP contribution >= 0.6 is 0 Å². The molecule has 0 aliphatic heterocycles. The Kier molecular flexibility index (Phi) is 1.61. The van der Waals surface area contributed by atoms with Crippen LogP contribution in [0.3, 0.4) is 0 Å². The Morgan fingerprint density at radius 2 is 2.36 bits per heavy atom. The molecule has 1 aromatic rings. The molecular formula is C12H16O2. The largest absolute Gasteiger partial charge is 0.466 e. The van der Waals surface area contributed by atoms with Crippen LogP contribution in [0.25, 0.3) is 0 Å². The Morgan fingerprint density at radius 1 is 1.50 bits per heavy atom. The van der Waals surface area contributed by atoms with Gasteiger partial charge >= 0.3 is 0 Å². The Morgan fingerprint density at radius 3 is 2.93 bits per heavy atom. The highest BCUT2D eigenvalue weighted by atomic mass is 16.4. The standard InChI is InChI=1S/C12H16O2/c1-8-9-4-5-10(7-9)12(8,13)11-3-2-6-14-11/h2-3,6,8-10,13H,4-5,7H2,1H3/t8-,9+,10-,12-/m0/s1. The molecule has 2 nitrogen and oxygen atoms in total. The zero-order valence-corrected chi connectivity index (χ0v) is 8.44. The first-order valence-corrected chi connectivity index (χ1v) is 5.49. The van der Waals surface area contributed by atoms with E-state index >= 15 is 0 Å². The summed E-state index contributed by atoms with van der Waals surface area (Å²) in [5.41, 5.74) is -0.674. The topological polar surface area (TPSA) is 33.4 Å². The van der Waals surface area contributed by atoms with Crippen molar-refractivity contribution < 1.29 is 9.52 Å². The highest BCUT2D eigenvalue weighted by molar-refractivity contribution is 5.18. The molecule has 0 unspecified atom stereocenters. The average Bonchev–Trinajstić information content (AvgIpc) is 2.87. The van der Waals surface area contributed by atoms with Crippen molar-refractivity contribution in [1.82, 2.24) is 0 Å². The van der Waals surface area contributed by atoms with Crippen molar-refractivity contribution in [2.75, 3.05) is 0 Å². The molecule has 2 bridgehead atoms. The van der Waals surface area contributed by atoms with Gasteiger partial charge in [-0.1, -0.05) is 6.92 Å². The molecule has 2 heteroatoms. The van der Waals surface area contributed by atoms with E-state index < -0.39 is 5.60 Å². The SMILES string of the molecule is C[C@H]1[C@@H]2CC[C@@H](C2)[C@]1(O)c1ccco1. The predicted molar refractivity (Wildman–Crippen MR) is 52.6 cm³/mol. The zero-order valence-electron chi connectivity index (χ0n) is 8.44. The van der Waals surface area contributed by atoms with Crippen LogP contribution in [0, 0.1) is 17.8 Å². The quantitative estimate of drug-likeness (QED) is 0.741. The first-order valence-electron chi connectivity index (χ1n) is 5.49. The van der Waals surface area contributed by atoms with E-state index in [0.717, 1.165) is 12.2 Å². The molecule has 0 amide bonds. The monoisotopic (exact) mass is 192 g/mol. The van der Waals surface area contributed by atoms with Gasteiger partial charge in [-0.05, 0) is 49.1 Å². The summed E-state index contributed by atoms with van der Waals surface area (Å²) in [6.45, 7) is 2.16. The van der Waals surface area contributed by atoms with E-state index in [4.69, 9.17) is 4.42 Å². The fraction of sp³-hybridized carbons (Fsp3) is 0.667. The number of rotatable bonds is 1. The van der Waals surface area contributed by atoms with E-state index in [1.165, 1.54) is 12.8 Å². The summed E-state index contributed by atoms with van der Waals surface area (Å²) in [6.07, 6.45) is 5.28. The highest BCUT2D eigenvalue weighted by Crippen LogP contribution is 2.58. The Bertz CT molecular complexity index is 326. The normalized spacial score (nSPS) is 46.0. The van der Waals surface area contributed by atoms with Crippen molar-refractivity contribution in [3.05, 3.63) is 24.2 Å². The van der Waals surface area contributed by atoms with Gasteiger partial charge in [-0.3, -0.25) is 0 Å². The van der Waals surface area contributed by atoms with Gasteiger partial charge in [0.2, 0.25) is 0 Å². The van der Waals surface area contributed by atoms with Crippen molar-refractivity contribution in [3.63, 3.8) is 0 Å². The van der Waals surface area contributed by atoms with Gasteiger partial charge in [-0.2, -0.15) is 0 Å². The summed E-state index contributed by atoms with van der Waals surface area (Å²) < 4.78 is 5.39. The number of furan rings is 1. The second kappa shape index (κ2) is 2.63. The van der Waals surface area contributed by atoms with Gasteiger partial charge in [0.15, 0.2) is 0 Å². The number of hydrogen-bond donors (Lipinski definition) is 1. The molecule has 1 heterocycles. The zero-order chi connectivity index (χ0) is 9.76. The van der Waals surface area contributed by atoms with E-state index in [2.05, 4.69) is 6.92 Å². The van der Waals surface area contributed by atoms with Crippen molar-refractivity contribution in [1.29, 1.82) is 0 Å². The molecule has 2 saturated carbocycles. The van der Waals surface area contributed by atoms with Crippen LogP contribution in [0.15, 0.2) is 22.8 Å². The Hall–Kier alpha value is -0.760. The minimum atomic E-state index is -0.674. The van der Waals surface area contributed by atoms with Gasteiger partial charge in [0, 0.05) is 0 Å². The van der Waals surface area contributed by atoms with Crippen LogP contribution in [0.1, 0.15) is 31.9 Å². The van der Waals surface area contributed by atoms with Gasteiger partial charge in [0.25, 0.3) is 0 Å². The van der Waals surface area contributed by atoms with E-state index in [0.29, 0.717) is 17.8 Å². The van der Waals surface area contributed by atoms with Crippen molar-refractivity contribution >= 4 is 0 Å². The van der Waals surface area contributed by atoms with Crippen molar-refractivity contribution in [2.24, 2.45) is 17.8 Å². The lowest BCUT2D eigenvalue weighted by Gasteiger charge is -2.36. The lowest BCUT2D eigenvalue weighted by molar-refractivity contribution is -0.0761. The van der Waals surface area contributed by atoms with Crippen LogP contribution in [-0.4, -0.2) is 5.11 Å². The van der Waals surface area contributed by atoms with Crippen LogP contribution in [0.4, 0.5) is 0 Å². The number of aliphatic hydroxyl groups is 1. The first-order chi connectivity index (χ1) is 6.73. The second-order valence-corrected chi connectivity index (χ2v) is 4.86. The maximum absolute atomic E-state index is 10.7. The van der Waals surface area contributed by atoms with Gasteiger partial charge in [0.05, 0.1) is 6.26 Å². The van der Waals surface area contributed by atoms with Crippen LogP contribution in [0.2, 0.25) is 0 Å². The molecule has 0 saturated heterocycles. The third kappa shape index (κ3) is 0.850. The van der Waals surface area contributed by atoms with E-state index in [-0.39, 0.29) is 0 Å². The first kappa shape index (κ1) is 8.54. The molecule has 0 spiro atoms. The Labute approximate surface area is 83.9 Å². The van der Waals surface area contributed by atoms with E-state index in [1.54, 1.807) is 6.26 Å². The van der Waals surface area contributed by atoms with Crippen molar-refractivity contribution in [2.45, 2.75) is 31.8 Å². The third-order valence-corrected chi connectivity index (χ3v) is 4.41. The summed E-state index contributed by atoms with van der Waals surface area (Å²) in [5, 5.41) is 10.7. The Balaban J connectivity index is 2.04. The minimum Gasteiger partial charge on any atom is -0.466 e. The molecule has 0 radical (unpaired) electrons. The summed E-state index contributed by atoms with van der Waals surface area (Å²) >= 11 is 0. The summed E-state index contributed by atoms with van der Waals surface area (Å²) in [5.74, 6) is 2.26. The average molecular weight is 192 g/mol. The van der Waals surface area contributed by atoms with Crippen LogP contribution < -0.4 is 0 Å². The second-order valence-electron chi connectivity index (χ2n) is 4.86. The van der Waals surface area contributed by atoms with E-state index in [1.807, 2.05) is 12.1 Å². The van der Waals surface area contributed by atoms with Gasteiger partial charge < -0.3 is 9.52 Å². The van der Waals surface area contributed by atoms with Crippen LogP contribution in [-0.2, 0) is 5.60 Å². The molecule has 2 aliphatic rings. The summed E-state index contributed by atoms with van der Waals surface area (Å²) in [7, 11) is 0.